The molecule has 8 nitrogen and oxygen atoms in total. The van der Waals surface area contributed by atoms with Gasteiger partial charge >= 0.3 is 0 Å². The number of guanidine groups is 1. The van der Waals surface area contributed by atoms with Crippen LogP contribution in [0.15, 0.2) is 29.3 Å². The number of para-hydroxylation sites is 2. The number of hydrogen-bond acceptors (Lipinski definition) is 5. The van der Waals surface area contributed by atoms with E-state index in [4.69, 9.17) is 9.47 Å². The fourth-order valence-corrected chi connectivity index (χ4v) is 3.61. The van der Waals surface area contributed by atoms with E-state index in [-0.39, 0.29) is 18.6 Å². The minimum Gasteiger partial charge on any atom is -0.495 e. The van der Waals surface area contributed by atoms with Crippen molar-refractivity contribution in [2.45, 2.75) is 18.9 Å². The summed E-state index contributed by atoms with van der Waals surface area (Å²) in [5.41, 5.74) is 1.11. The summed E-state index contributed by atoms with van der Waals surface area (Å²) in [6.45, 7) is 5.08. The number of nitrogens with zero attached hydrogens (tertiary/aromatic N) is 4. The largest absolute Gasteiger partial charge is 0.495 e. The van der Waals surface area contributed by atoms with Crippen LogP contribution in [-0.2, 0) is 9.53 Å². The fraction of sp³-hybridized carbons (Fsp3) is 0.619. The standard InChI is InChI=1S/C21H33N5O3/c1-24(2)20(27)16-23-21(22-15-17-7-6-14-29-17)26-12-10-25(11-13-26)18-8-4-5-9-19(18)28-3/h4-5,8-9,17H,6-7,10-16H2,1-3H3,(H,22,23). The number of carbonyl (C=O) groups is 1. The van der Waals surface area contributed by atoms with Crippen molar-refractivity contribution in [1.82, 2.24) is 15.1 Å². The van der Waals surface area contributed by atoms with Gasteiger partial charge in [-0.15, -0.1) is 0 Å². The quantitative estimate of drug-likeness (QED) is 0.565. The summed E-state index contributed by atoms with van der Waals surface area (Å²) in [7, 11) is 5.21. The number of benzene rings is 1. The monoisotopic (exact) mass is 403 g/mol. The molecule has 1 aromatic rings. The lowest BCUT2D eigenvalue weighted by Crippen LogP contribution is -2.53. The highest BCUT2D eigenvalue weighted by molar-refractivity contribution is 5.85. The van der Waals surface area contributed by atoms with Crippen LogP contribution in [0.3, 0.4) is 0 Å². The molecule has 1 aromatic carbocycles. The normalized spacial score (nSPS) is 20.0. The minimum absolute atomic E-state index is 0.00549. The Kier molecular flexibility index (Phi) is 7.57. The van der Waals surface area contributed by atoms with Crippen molar-refractivity contribution in [1.29, 1.82) is 0 Å². The molecule has 2 saturated heterocycles. The first-order valence-electron chi connectivity index (χ1n) is 10.3. The van der Waals surface area contributed by atoms with Crippen LogP contribution >= 0.6 is 0 Å². The van der Waals surface area contributed by atoms with E-state index in [0.717, 1.165) is 69.6 Å². The van der Waals surface area contributed by atoms with Crippen LogP contribution in [0.2, 0.25) is 0 Å². The van der Waals surface area contributed by atoms with Crippen molar-refractivity contribution in [2.75, 3.05) is 72.0 Å². The lowest BCUT2D eigenvalue weighted by atomic mass is 10.2. The van der Waals surface area contributed by atoms with Gasteiger partial charge in [-0.2, -0.15) is 0 Å². The summed E-state index contributed by atoms with van der Waals surface area (Å²) in [6, 6.07) is 8.10. The van der Waals surface area contributed by atoms with Crippen LogP contribution in [0.1, 0.15) is 12.8 Å². The Labute approximate surface area is 173 Å². The van der Waals surface area contributed by atoms with E-state index in [1.165, 1.54) is 0 Å². The second-order valence-electron chi connectivity index (χ2n) is 7.59. The second kappa shape index (κ2) is 10.3. The van der Waals surface area contributed by atoms with Crippen LogP contribution < -0.4 is 15.0 Å². The molecule has 0 radical (unpaired) electrons. The van der Waals surface area contributed by atoms with Gasteiger partial charge in [-0.3, -0.25) is 4.79 Å². The number of nitrogens with one attached hydrogen (secondary N) is 1. The lowest BCUT2D eigenvalue weighted by molar-refractivity contribution is -0.127. The van der Waals surface area contributed by atoms with Gasteiger partial charge in [0.25, 0.3) is 0 Å². The molecule has 160 valence electrons. The number of carbonyl (C=O) groups excluding carboxylic acids is 1. The maximum atomic E-state index is 12.0. The first-order chi connectivity index (χ1) is 14.1. The molecule has 8 heteroatoms. The molecule has 2 fully saturated rings. The zero-order valence-corrected chi connectivity index (χ0v) is 17.8. The van der Waals surface area contributed by atoms with Crippen molar-refractivity contribution in [3.8, 4) is 5.75 Å². The number of methoxy groups -OCH3 is 1. The van der Waals surface area contributed by atoms with Gasteiger partial charge < -0.3 is 29.5 Å². The molecule has 1 atom stereocenters. The number of amides is 1. The summed E-state index contributed by atoms with van der Waals surface area (Å²) in [5.74, 6) is 1.67. The molecule has 0 bridgehead atoms. The first-order valence-corrected chi connectivity index (χ1v) is 10.3. The molecule has 0 saturated carbocycles. The van der Waals surface area contributed by atoms with Gasteiger partial charge in [0.05, 0.1) is 18.9 Å². The van der Waals surface area contributed by atoms with Gasteiger partial charge in [0.1, 0.15) is 12.3 Å². The van der Waals surface area contributed by atoms with Gasteiger partial charge in [0.15, 0.2) is 5.96 Å². The average Bonchev–Trinajstić information content (AvgIpc) is 3.27. The molecule has 0 aliphatic carbocycles. The Hall–Kier alpha value is -2.48. The van der Waals surface area contributed by atoms with Crippen molar-refractivity contribution >= 4 is 17.6 Å². The average molecular weight is 404 g/mol. The topological polar surface area (TPSA) is 69.6 Å². The molecule has 2 aliphatic rings. The Bertz CT molecular complexity index is 695. The summed E-state index contributed by atoms with van der Waals surface area (Å²) in [6.07, 6.45) is 2.40. The molecule has 1 unspecified atom stereocenters. The van der Waals surface area contributed by atoms with Crippen molar-refractivity contribution < 1.29 is 14.3 Å². The Balaban J connectivity index is 1.63. The van der Waals surface area contributed by atoms with Gasteiger partial charge in [-0.05, 0) is 25.0 Å². The number of aliphatic imine (C=N–C) groups is 1. The fourth-order valence-electron chi connectivity index (χ4n) is 3.61. The van der Waals surface area contributed by atoms with E-state index < -0.39 is 0 Å². The Morgan fingerprint density at radius 3 is 2.69 bits per heavy atom. The lowest BCUT2D eigenvalue weighted by Gasteiger charge is -2.38. The predicted molar refractivity (Wildman–Crippen MR) is 115 cm³/mol. The van der Waals surface area contributed by atoms with Gasteiger partial charge in [0.2, 0.25) is 5.91 Å². The third-order valence-corrected chi connectivity index (χ3v) is 5.38. The highest BCUT2D eigenvalue weighted by atomic mass is 16.5. The third-order valence-electron chi connectivity index (χ3n) is 5.38. The summed E-state index contributed by atoms with van der Waals surface area (Å²) in [4.78, 5) is 22.8. The van der Waals surface area contributed by atoms with E-state index in [1.807, 2.05) is 18.2 Å². The van der Waals surface area contributed by atoms with Crippen molar-refractivity contribution in [2.24, 2.45) is 4.99 Å². The highest BCUT2D eigenvalue weighted by Crippen LogP contribution is 2.28. The zero-order valence-electron chi connectivity index (χ0n) is 17.8. The van der Waals surface area contributed by atoms with Crippen molar-refractivity contribution in [3.05, 3.63) is 24.3 Å². The molecule has 29 heavy (non-hydrogen) atoms. The summed E-state index contributed by atoms with van der Waals surface area (Å²) >= 11 is 0. The predicted octanol–water partition coefficient (Wildman–Crippen LogP) is 1.03. The van der Waals surface area contributed by atoms with Crippen LogP contribution in [0, 0.1) is 0 Å². The smallest absolute Gasteiger partial charge is 0.243 e. The molecular formula is C21H33N5O3. The number of ether oxygens (including phenoxy) is 2. The molecule has 2 aliphatic heterocycles. The molecule has 0 aromatic heterocycles. The van der Waals surface area contributed by atoms with Gasteiger partial charge in [-0.1, -0.05) is 12.1 Å². The maximum absolute atomic E-state index is 12.0. The van der Waals surface area contributed by atoms with Crippen LogP contribution in [0.4, 0.5) is 5.69 Å². The summed E-state index contributed by atoms with van der Waals surface area (Å²) in [5, 5.41) is 3.44. The van der Waals surface area contributed by atoms with E-state index >= 15 is 0 Å². The number of piperazine rings is 1. The van der Waals surface area contributed by atoms with E-state index in [1.54, 1.807) is 26.1 Å². The number of rotatable bonds is 6. The molecule has 3 rings (SSSR count). The first kappa shape index (κ1) is 21.2. The van der Waals surface area contributed by atoms with E-state index in [2.05, 4.69) is 26.2 Å². The minimum atomic E-state index is -0.00549. The number of hydrogen-bond donors (Lipinski definition) is 1. The van der Waals surface area contributed by atoms with Gasteiger partial charge in [0, 0.05) is 53.4 Å². The Morgan fingerprint density at radius 2 is 2.03 bits per heavy atom. The SMILES string of the molecule is COc1ccccc1N1CCN(C(=NCC(=O)N(C)C)NCC2CCCO2)CC1. The third kappa shape index (κ3) is 5.76. The van der Waals surface area contributed by atoms with E-state index in [0.29, 0.717) is 0 Å². The zero-order chi connectivity index (χ0) is 20.6. The molecular weight excluding hydrogens is 370 g/mol. The van der Waals surface area contributed by atoms with Crippen LogP contribution in [0.25, 0.3) is 0 Å². The Morgan fingerprint density at radius 1 is 1.28 bits per heavy atom. The second-order valence-corrected chi connectivity index (χ2v) is 7.59. The van der Waals surface area contributed by atoms with Crippen LogP contribution in [0.5, 0.6) is 5.75 Å². The molecule has 1 N–H and O–H groups in total. The summed E-state index contributed by atoms with van der Waals surface area (Å²) < 4.78 is 11.2. The molecule has 0 spiro atoms. The van der Waals surface area contributed by atoms with Gasteiger partial charge in [-0.25, -0.2) is 4.99 Å². The number of anilines is 1. The maximum Gasteiger partial charge on any atom is 0.243 e. The highest BCUT2D eigenvalue weighted by Gasteiger charge is 2.23. The van der Waals surface area contributed by atoms with Crippen molar-refractivity contribution in [3.63, 3.8) is 0 Å². The van der Waals surface area contributed by atoms with Crippen LogP contribution in [-0.4, -0.2) is 94.9 Å². The number of likely N-dealkylation sites (N-methyl/N-ethyl adjacent to an activating group) is 1. The molecule has 2 heterocycles. The van der Waals surface area contributed by atoms with E-state index in [9.17, 15) is 4.79 Å². The molecule has 1 amide bonds.